The molecule has 7 nitrogen and oxygen atoms in total. The van der Waals surface area contributed by atoms with Crippen molar-refractivity contribution in [3.8, 4) is 11.5 Å². The van der Waals surface area contributed by atoms with Crippen LogP contribution in [0.3, 0.4) is 0 Å². The highest BCUT2D eigenvalue weighted by atomic mass is 79.9. The minimum absolute atomic E-state index is 0.238. The molecule has 0 spiro atoms. The van der Waals surface area contributed by atoms with Crippen molar-refractivity contribution in [2.24, 2.45) is 0 Å². The summed E-state index contributed by atoms with van der Waals surface area (Å²) in [6, 6.07) is 17.8. The number of rotatable bonds is 7. The Morgan fingerprint density at radius 2 is 1.97 bits per heavy atom. The monoisotopic (exact) mass is 555 g/mol. The topological polar surface area (TPSA) is 80.8 Å². The largest absolute Gasteiger partial charge is 0.493 e. The first-order chi connectivity index (χ1) is 16.5. The number of hydrogen-bond acceptors (Lipinski definition) is 7. The van der Waals surface area contributed by atoms with E-state index in [-0.39, 0.29) is 10.9 Å². The molecule has 2 aromatic carbocycles. The number of nitrogens with zero attached hydrogens (tertiary/aromatic N) is 2. The molecule has 10 heteroatoms. The van der Waals surface area contributed by atoms with E-state index in [1.54, 1.807) is 48.7 Å². The molecule has 1 saturated heterocycles. The number of hydrogen-bond donors (Lipinski definition) is 1. The minimum Gasteiger partial charge on any atom is -0.493 e. The average molecular weight is 556 g/mol. The van der Waals surface area contributed by atoms with Gasteiger partial charge in [-0.1, -0.05) is 36.0 Å². The Morgan fingerprint density at radius 1 is 1.21 bits per heavy atom. The van der Waals surface area contributed by atoms with Crippen molar-refractivity contribution < 1.29 is 19.1 Å². The van der Waals surface area contributed by atoms with Crippen molar-refractivity contribution in [1.82, 2.24) is 15.4 Å². The maximum Gasteiger partial charge on any atom is 0.285 e. The quantitative estimate of drug-likeness (QED) is 0.325. The lowest BCUT2D eigenvalue weighted by Gasteiger charge is -2.15. The van der Waals surface area contributed by atoms with Gasteiger partial charge in [0.1, 0.15) is 6.61 Å². The molecule has 0 saturated carbocycles. The molecule has 1 aliphatic heterocycles. The first-order valence-corrected chi connectivity index (χ1v) is 12.0. The van der Waals surface area contributed by atoms with Crippen LogP contribution in [0.1, 0.15) is 21.6 Å². The predicted octanol–water partition coefficient (Wildman–Crippen LogP) is 4.98. The van der Waals surface area contributed by atoms with Gasteiger partial charge in [0.2, 0.25) is 0 Å². The number of carbonyl (C=O) groups is 2. The normalized spacial score (nSPS) is 14.4. The highest BCUT2D eigenvalue weighted by Gasteiger charge is 2.34. The molecule has 0 atom stereocenters. The number of aromatic nitrogens is 1. The van der Waals surface area contributed by atoms with Crippen LogP contribution in [-0.2, 0) is 11.4 Å². The zero-order valence-corrected chi connectivity index (χ0v) is 21.1. The standard InChI is InChI=1S/C24H18BrN3O4S2/c1-31-19-12-15(11-18(25)21(19)32-14-17-9-5-6-10-26-17)13-20-23(30)28(24(33)34-20)27-22(29)16-7-3-2-4-8-16/h2-13H,14H2,1H3,(H,27,29)/b20-13-. The third kappa shape index (κ3) is 5.46. The lowest BCUT2D eigenvalue weighted by atomic mass is 10.2. The minimum atomic E-state index is -0.419. The van der Waals surface area contributed by atoms with Crippen molar-refractivity contribution in [3.63, 3.8) is 0 Å². The summed E-state index contributed by atoms with van der Waals surface area (Å²) in [6.07, 6.45) is 3.39. The van der Waals surface area contributed by atoms with Crippen molar-refractivity contribution in [3.05, 3.63) is 93.1 Å². The van der Waals surface area contributed by atoms with Crippen LogP contribution in [-0.4, -0.2) is 33.2 Å². The summed E-state index contributed by atoms with van der Waals surface area (Å²) in [5.41, 5.74) is 4.47. The van der Waals surface area contributed by atoms with Crippen LogP contribution in [0.15, 0.2) is 76.2 Å². The van der Waals surface area contributed by atoms with Gasteiger partial charge in [-0.05, 0) is 76.2 Å². The molecule has 34 heavy (non-hydrogen) atoms. The second-order valence-corrected chi connectivity index (χ2v) is 9.50. The van der Waals surface area contributed by atoms with E-state index in [2.05, 4.69) is 26.3 Å². The van der Waals surface area contributed by atoms with Crippen LogP contribution in [0.2, 0.25) is 0 Å². The van der Waals surface area contributed by atoms with E-state index in [4.69, 9.17) is 21.7 Å². The fraction of sp³-hybridized carbons (Fsp3) is 0.0833. The fourth-order valence-electron chi connectivity index (χ4n) is 3.06. The number of halogens is 1. The Hall–Kier alpha value is -3.21. The van der Waals surface area contributed by atoms with Gasteiger partial charge in [-0.15, -0.1) is 0 Å². The Kier molecular flexibility index (Phi) is 7.61. The van der Waals surface area contributed by atoms with Crippen molar-refractivity contribution >= 4 is 62.1 Å². The average Bonchev–Trinajstić information content (AvgIpc) is 3.11. The predicted molar refractivity (Wildman–Crippen MR) is 138 cm³/mol. The van der Waals surface area contributed by atoms with Gasteiger partial charge in [0.15, 0.2) is 15.8 Å². The third-order valence-corrected chi connectivity index (χ3v) is 6.57. The van der Waals surface area contributed by atoms with Gasteiger partial charge in [0.05, 0.1) is 22.2 Å². The van der Waals surface area contributed by atoms with Gasteiger partial charge in [0.25, 0.3) is 11.8 Å². The number of carbonyl (C=O) groups excluding carboxylic acids is 2. The number of methoxy groups -OCH3 is 1. The Morgan fingerprint density at radius 3 is 2.68 bits per heavy atom. The van der Waals surface area contributed by atoms with E-state index < -0.39 is 11.8 Å². The first kappa shape index (κ1) is 23.9. The molecule has 2 heterocycles. The number of thioether (sulfide) groups is 1. The van der Waals surface area contributed by atoms with E-state index in [0.29, 0.717) is 32.0 Å². The summed E-state index contributed by atoms with van der Waals surface area (Å²) >= 11 is 9.93. The maximum absolute atomic E-state index is 12.9. The van der Waals surface area contributed by atoms with Gasteiger partial charge < -0.3 is 9.47 Å². The molecule has 1 fully saturated rings. The molecule has 0 aliphatic carbocycles. The summed E-state index contributed by atoms with van der Waals surface area (Å²) in [4.78, 5) is 30.0. The first-order valence-electron chi connectivity index (χ1n) is 10.0. The van der Waals surface area contributed by atoms with Gasteiger partial charge in [-0.2, -0.15) is 5.01 Å². The molecule has 2 amide bonds. The highest BCUT2D eigenvalue weighted by molar-refractivity contribution is 9.10. The number of benzene rings is 2. The van der Waals surface area contributed by atoms with Crippen LogP contribution < -0.4 is 14.9 Å². The number of pyridine rings is 1. The molecule has 1 N–H and O–H groups in total. The molecule has 1 aromatic heterocycles. The van der Waals surface area contributed by atoms with Crippen molar-refractivity contribution in [2.45, 2.75) is 6.61 Å². The number of hydrazine groups is 1. The lowest BCUT2D eigenvalue weighted by molar-refractivity contribution is -0.123. The van der Waals surface area contributed by atoms with Gasteiger partial charge >= 0.3 is 0 Å². The second kappa shape index (κ2) is 10.8. The van der Waals surface area contributed by atoms with Crippen molar-refractivity contribution in [2.75, 3.05) is 7.11 Å². The van der Waals surface area contributed by atoms with Crippen LogP contribution in [0, 0.1) is 0 Å². The zero-order chi connectivity index (χ0) is 24.1. The SMILES string of the molecule is COc1cc(/C=C2\SC(=S)N(NC(=O)c3ccccc3)C2=O)cc(Br)c1OCc1ccccn1. The third-order valence-electron chi connectivity index (χ3n) is 4.68. The number of ether oxygens (including phenoxy) is 2. The molecule has 3 aromatic rings. The summed E-state index contributed by atoms with van der Waals surface area (Å²) in [7, 11) is 1.54. The highest BCUT2D eigenvalue weighted by Crippen LogP contribution is 2.39. The molecule has 1 aliphatic rings. The second-order valence-electron chi connectivity index (χ2n) is 6.97. The van der Waals surface area contributed by atoms with Gasteiger partial charge in [-0.3, -0.25) is 20.0 Å². The van der Waals surface area contributed by atoms with E-state index in [1.165, 1.54) is 7.11 Å². The van der Waals surface area contributed by atoms with Crippen molar-refractivity contribution in [1.29, 1.82) is 0 Å². The Labute approximate surface area is 214 Å². The van der Waals surface area contributed by atoms with Gasteiger partial charge in [-0.25, -0.2) is 0 Å². The van der Waals surface area contributed by atoms with E-state index in [0.717, 1.165) is 22.5 Å². The fourth-order valence-corrected chi connectivity index (χ4v) is 4.82. The van der Waals surface area contributed by atoms with Crippen LogP contribution >= 0.6 is 39.9 Å². The Balaban J connectivity index is 1.51. The van der Waals surface area contributed by atoms with Crippen LogP contribution in [0.5, 0.6) is 11.5 Å². The van der Waals surface area contributed by atoms with Crippen LogP contribution in [0.25, 0.3) is 6.08 Å². The number of amides is 2. The molecule has 4 rings (SSSR count). The molecule has 172 valence electrons. The zero-order valence-electron chi connectivity index (χ0n) is 17.9. The molecular weight excluding hydrogens is 538 g/mol. The van der Waals surface area contributed by atoms with E-state index in [1.807, 2.05) is 24.3 Å². The summed E-state index contributed by atoms with van der Waals surface area (Å²) in [6.45, 7) is 0.273. The summed E-state index contributed by atoms with van der Waals surface area (Å²) < 4.78 is 12.3. The summed E-state index contributed by atoms with van der Waals surface area (Å²) in [5.74, 6) is 0.180. The van der Waals surface area contributed by atoms with Crippen LogP contribution in [0.4, 0.5) is 0 Å². The van der Waals surface area contributed by atoms with Gasteiger partial charge in [0, 0.05) is 11.8 Å². The molecular formula is C24H18BrN3O4S2. The van der Waals surface area contributed by atoms with E-state index >= 15 is 0 Å². The molecule has 0 bridgehead atoms. The number of nitrogens with one attached hydrogen (secondary N) is 1. The molecule has 0 radical (unpaired) electrons. The lowest BCUT2D eigenvalue weighted by Crippen LogP contribution is -2.44. The maximum atomic E-state index is 12.9. The Bertz CT molecular complexity index is 1270. The number of thiocarbonyl (C=S) groups is 1. The summed E-state index contributed by atoms with van der Waals surface area (Å²) in [5, 5.41) is 1.08. The van der Waals surface area contributed by atoms with E-state index in [9.17, 15) is 9.59 Å². The molecule has 0 unspecified atom stereocenters. The smallest absolute Gasteiger partial charge is 0.285 e.